The molecular weight excluding hydrogens is 877 g/mol. The van der Waals surface area contributed by atoms with Crippen LogP contribution in [0.15, 0.2) is 85.1 Å². The van der Waals surface area contributed by atoms with Gasteiger partial charge in [-0.1, -0.05) is 286 Å². The standard InChI is InChI=1S/C65H112O6/c1-4-7-10-13-16-19-22-25-28-31-34-37-40-43-46-49-52-55-58-64(67)70-61-62(60-69-63(66)57-54-51-48-45-42-39-36-33-30-27-24-21-18-15-12-9-6-3)71-65(68)59-56-53-50-47-44-41-38-35-32-29-26-23-20-17-14-11-8-5-2/h16,19,22-23,25-26,28-29,31-32,34-35,37-38,62H,4-15,17-18,20-21,24,27,30,33,36,39-61H2,1-3H3/b19-16-,25-22-,26-23-,31-28-,32-29-,37-34-,38-35-. The van der Waals surface area contributed by atoms with Crippen molar-refractivity contribution >= 4 is 17.9 Å². The van der Waals surface area contributed by atoms with Gasteiger partial charge in [0.15, 0.2) is 6.10 Å². The minimum absolute atomic E-state index is 0.0909. The highest BCUT2D eigenvalue weighted by Crippen LogP contribution is 2.16. The molecular formula is C65H112O6. The molecule has 0 spiro atoms. The zero-order valence-electron chi connectivity index (χ0n) is 46.7. The van der Waals surface area contributed by atoms with E-state index in [4.69, 9.17) is 14.2 Å². The zero-order valence-corrected chi connectivity index (χ0v) is 46.7. The summed E-state index contributed by atoms with van der Waals surface area (Å²) in [6.45, 7) is 6.58. The Bertz CT molecular complexity index is 1370. The molecule has 71 heavy (non-hydrogen) atoms. The summed E-state index contributed by atoms with van der Waals surface area (Å²) in [7, 11) is 0. The summed E-state index contributed by atoms with van der Waals surface area (Å²) in [4.78, 5) is 38.2. The minimum Gasteiger partial charge on any atom is -0.462 e. The SMILES string of the molecule is CCCCC\C=C/C=C\C=C/C=C\CCCCCCCC(=O)OCC(COC(=O)CCCCCCCCCCCCCCCCCCC)OC(=O)CCCCCCC\C=C/C=C\C=C/CCCCCCC. The number of ether oxygens (including phenoxy) is 3. The Morgan fingerprint density at radius 2 is 0.507 bits per heavy atom. The largest absolute Gasteiger partial charge is 0.462 e. The highest BCUT2D eigenvalue weighted by Gasteiger charge is 2.19. The summed E-state index contributed by atoms with van der Waals surface area (Å²) in [5, 5.41) is 0. The molecule has 408 valence electrons. The van der Waals surface area contributed by atoms with Crippen molar-refractivity contribution in [2.45, 2.75) is 297 Å². The second kappa shape index (κ2) is 59.2. The zero-order chi connectivity index (χ0) is 51.4. The van der Waals surface area contributed by atoms with Crippen LogP contribution in [0.1, 0.15) is 290 Å². The van der Waals surface area contributed by atoms with Gasteiger partial charge in [-0.25, -0.2) is 0 Å². The Hall–Kier alpha value is -3.41. The van der Waals surface area contributed by atoms with Crippen LogP contribution in [0.25, 0.3) is 0 Å². The Balaban J connectivity index is 4.47. The molecule has 0 aliphatic carbocycles. The van der Waals surface area contributed by atoms with Gasteiger partial charge < -0.3 is 14.2 Å². The summed E-state index contributed by atoms with van der Waals surface area (Å²) in [5.74, 6) is -0.924. The Labute approximate surface area is 439 Å². The number of carbonyl (C=O) groups is 3. The average Bonchev–Trinajstić information content (AvgIpc) is 3.37. The van der Waals surface area contributed by atoms with Gasteiger partial charge in [0.05, 0.1) is 0 Å². The third-order valence-electron chi connectivity index (χ3n) is 13.0. The van der Waals surface area contributed by atoms with E-state index in [0.717, 1.165) is 109 Å². The Morgan fingerprint density at radius 3 is 0.817 bits per heavy atom. The fraction of sp³-hybridized carbons (Fsp3) is 0.738. The molecule has 6 heteroatoms. The van der Waals surface area contributed by atoms with Gasteiger partial charge in [0.2, 0.25) is 0 Å². The summed E-state index contributed by atoms with van der Waals surface area (Å²) in [6.07, 6.45) is 77.1. The minimum atomic E-state index is -0.797. The van der Waals surface area contributed by atoms with E-state index in [-0.39, 0.29) is 31.1 Å². The highest BCUT2D eigenvalue weighted by atomic mass is 16.6. The van der Waals surface area contributed by atoms with Gasteiger partial charge in [0.25, 0.3) is 0 Å². The molecule has 0 N–H and O–H groups in total. The smallest absolute Gasteiger partial charge is 0.306 e. The molecule has 0 aliphatic rings. The van der Waals surface area contributed by atoms with Crippen LogP contribution in [0.4, 0.5) is 0 Å². The van der Waals surface area contributed by atoms with Gasteiger partial charge in [-0.3, -0.25) is 14.4 Å². The lowest BCUT2D eigenvalue weighted by Crippen LogP contribution is -2.30. The molecule has 0 aromatic rings. The second-order valence-corrected chi connectivity index (χ2v) is 20.1. The predicted octanol–water partition coefficient (Wildman–Crippen LogP) is 20.3. The van der Waals surface area contributed by atoms with Gasteiger partial charge in [0.1, 0.15) is 13.2 Å². The van der Waals surface area contributed by atoms with Crippen LogP contribution in [-0.2, 0) is 28.6 Å². The lowest BCUT2D eigenvalue weighted by atomic mass is 10.0. The molecule has 0 aliphatic heterocycles. The molecule has 0 aromatic carbocycles. The normalized spacial score (nSPS) is 12.7. The van der Waals surface area contributed by atoms with Gasteiger partial charge in [-0.2, -0.15) is 0 Å². The highest BCUT2D eigenvalue weighted by molar-refractivity contribution is 5.71. The Kier molecular flexibility index (Phi) is 56.3. The van der Waals surface area contributed by atoms with Gasteiger partial charge >= 0.3 is 17.9 Å². The van der Waals surface area contributed by atoms with Gasteiger partial charge in [0, 0.05) is 19.3 Å². The number of unbranched alkanes of at least 4 members (excludes halogenated alkanes) is 34. The lowest BCUT2D eigenvalue weighted by molar-refractivity contribution is -0.167. The monoisotopic (exact) mass is 989 g/mol. The van der Waals surface area contributed by atoms with E-state index < -0.39 is 6.10 Å². The molecule has 0 saturated carbocycles. The first-order valence-electron chi connectivity index (χ1n) is 30.2. The first kappa shape index (κ1) is 67.6. The number of rotatable bonds is 54. The maximum absolute atomic E-state index is 12.9. The molecule has 0 saturated heterocycles. The van der Waals surface area contributed by atoms with E-state index in [1.54, 1.807) is 0 Å². The first-order valence-corrected chi connectivity index (χ1v) is 30.2. The van der Waals surface area contributed by atoms with E-state index in [1.807, 2.05) is 0 Å². The predicted molar refractivity (Wildman–Crippen MR) is 307 cm³/mol. The van der Waals surface area contributed by atoms with Crippen LogP contribution in [0.3, 0.4) is 0 Å². The van der Waals surface area contributed by atoms with E-state index in [0.29, 0.717) is 19.3 Å². The van der Waals surface area contributed by atoms with Crippen molar-refractivity contribution in [2.24, 2.45) is 0 Å². The van der Waals surface area contributed by atoms with Crippen molar-refractivity contribution < 1.29 is 28.6 Å². The van der Waals surface area contributed by atoms with Crippen molar-refractivity contribution in [3.63, 3.8) is 0 Å². The third-order valence-corrected chi connectivity index (χ3v) is 13.0. The van der Waals surface area contributed by atoms with Crippen LogP contribution in [0.2, 0.25) is 0 Å². The van der Waals surface area contributed by atoms with Crippen molar-refractivity contribution in [1.82, 2.24) is 0 Å². The summed E-state index contributed by atoms with van der Waals surface area (Å²) < 4.78 is 16.9. The molecule has 0 bridgehead atoms. The average molecular weight is 990 g/mol. The maximum Gasteiger partial charge on any atom is 0.306 e. The van der Waals surface area contributed by atoms with Crippen LogP contribution in [0.5, 0.6) is 0 Å². The van der Waals surface area contributed by atoms with Crippen molar-refractivity contribution in [3.8, 4) is 0 Å². The summed E-state index contributed by atoms with van der Waals surface area (Å²) in [6, 6.07) is 0. The molecule has 0 rings (SSSR count). The number of hydrogen-bond donors (Lipinski definition) is 0. The van der Waals surface area contributed by atoms with Crippen molar-refractivity contribution in [3.05, 3.63) is 85.1 Å². The summed E-state index contributed by atoms with van der Waals surface area (Å²) in [5.41, 5.74) is 0. The number of esters is 3. The topological polar surface area (TPSA) is 78.9 Å². The first-order chi connectivity index (χ1) is 35.0. The second-order valence-electron chi connectivity index (χ2n) is 20.1. The number of allylic oxidation sites excluding steroid dienone is 14. The molecule has 0 aromatic heterocycles. The number of hydrogen-bond acceptors (Lipinski definition) is 6. The molecule has 0 amide bonds. The molecule has 6 nitrogen and oxygen atoms in total. The van der Waals surface area contributed by atoms with E-state index in [1.165, 1.54) is 141 Å². The van der Waals surface area contributed by atoms with E-state index in [2.05, 4.69) is 106 Å². The van der Waals surface area contributed by atoms with E-state index in [9.17, 15) is 14.4 Å². The van der Waals surface area contributed by atoms with E-state index >= 15 is 0 Å². The van der Waals surface area contributed by atoms with Crippen molar-refractivity contribution in [1.29, 1.82) is 0 Å². The summed E-state index contributed by atoms with van der Waals surface area (Å²) >= 11 is 0. The fourth-order valence-corrected chi connectivity index (χ4v) is 8.46. The fourth-order valence-electron chi connectivity index (χ4n) is 8.46. The molecule has 1 atom stereocenters. The third kappa shape index (κ3) is 57.4. The van der Waals surface area contributed by atoms with Crippen LogP contribution in [-0.4, -0.2) is 37.2 Å². The van der Waals surface area contributed by atoms with Crippen LogP contribution >= 0.6 is 0 Å². The molecule has 0 radical (unpaired) electrons. The molecule has 0 fully saturated rings. The van der Waals surface area contributed by atoms with Crippen molar-refractivity contribution in [2.75, 3.05) is 13.2 Å². The molecule has 1 unspecified atom stereocenters. The van der Waals surface area contributed by atoms with Gasteiger partial charge in [-0.05, 0) is 70.6 Å². The van der Waals surface area contributed by atoms with Crippen LogP contribution < -0.4 is 0 Å². The van der Waals surface area contributed by atoms with Gasteiger partial charge in [-0.15, -0.1) is 0 Å². The quantitative estimate of drug-likeness (QED) is 0.0261. The number of carbonyl (C=O) groups excluding carboxylic acids is 3. The lowest BCUT2D eigenvalue weighted by Gasteiger charge is -2.18. The Morgan fingerprint density at radius 1 is 0.282 bits per heavy atom. The maximum atomic E-state index is 12.9. The molecule has 0 heterocycles. The van der Waals surface area contributed by atoms with Crippen LogP contribution in [0, 0.1) is 0 Å².